The molecule has 0 spiro atoms. The predicted molar refractivity (Wildman–Crippen MR) is 54.3 cm³/mol. The summed E-state index contributed by atoms with van der Waals surface area (Å²) in [7, 11) is 1.67. The molecule has 4 nitrogen and oxygen atoms in total. The van der Waals surface area contributed by atoms with E-state index in [1.54, 1.807) is 7.11 Å². The van der Waals surface area contributed by atoms with Gasteiger partial charge in [0.05, 0.1) is 19.8 Å². The average Bonchev–Trinajstić information content (AvgIpc) is 2.67. The molecule has 0 aliphatic carbocycles. The molecule has 2 N–H and O–H groups in total. The molecule has 84 valence electrons. The number of aliphatic hydroxyl groups is 1. The van der Waals surface area contributed by atoms with Crippen LogP contribution in [0.4, 0.5) is 0 Å². The Morgan fingerprint density at radius 2 is 2.21 bits per heavy atom. The van der Waals surface area contributed by atoms with Gasteiger partial charge in [-0.1, -0.05) is 0 Å². The van der Waals surface area contributed by atoms with Crippen LogP contribution in [0.3, 0.4) is 0 Å². The zero-order valence-electron chi connectivity index (χ0n) is 8.92. The molecule has 1 heterocycles. The van der Waals surface area contributed by atoms with E-state index in [1.807, 2.05) is 0 Å². The van der Waals surface area contributed by atoms with Gasteiger partial charge in [-0.15, -0.1) is 0 Å². The standard InChI is InChI=1S/C10H21NO3/c1-13-6-7-14-5-3-10(9-12)2-4-11-8-10/h11-12H,2-9H2,1H3. The Balaban J connectivity index is 2.08. The van der Waals surface area contributed by atoms with Gasteiger partial charge in [-0.2, -0.15) is 0 Å². The Bertz CT molecular complexity index is 146. The highest BCUT2D eigenvalue weighted by Crippen LogP contribution is 2.28. The third-order valence-corrected chi connectivity index (χ3v) is 2.88. The molecule has 1 saturated heterocycles. The highest BCUT2D eigenvalue weighted by Gasteiger charge is 2.32. The van der Waals surface area contributed by atoms with E-state index in [9.17, 15) is 5.11 Å². The molecule has 1 unspecified atom stereocenters. The molecule has 0 radical (unpaired) electrons. The number of ether oxygens (including phenoxy) is 2. The van der Waals surface area contributed by atoms with Gasteiger partial charge >= 0.3 is 0 Å². The Labute approximate surface area is 85.6 Å². The largest absolute Gasteiger partial charge is 0.396 e. The molecule has 1 aliphatic heterocycles. The van der Waals surface area contributed by atoms with E-state index in [0.29, 0.717) is 19.8 Å². The zero-order chi connectivity index (χ0) is 10.3. The van der Waals surface area contributed by atoms with Crippen LogP contribution in [0.5, 0.6) is 0 Å². The van der Waals surface area contributed by atoms with E-state index >= 15 is 0 Å². The number of methoxy groups -OCH3 is 1. The molecule has 1 fully saturated rings. The minimum atomic E-state index is 0.0626. The highest BCUT2D eigenvalue weighted by molar-refractivity contribution is 4.86. The fraction of sp³-hybridized carbons (Fsp3) is 1.00. The van der Waals surface area contributed by atoms with Crippen molar-refractivity contribution in [1.82, 2.24) is 5.32 Å². The minimum absolute atomic E-state index is 0.0626. The topological polar surface area (TPSA) is 50.7 Å². The summed E-state index contributed by atoms with van der Waals surface area (Å²) in [5.74, 6) is 0. The zero-order valence-corrected chi connectivity index (χ0v) is 8.92. The van der Waals surface area contributed by atoms with Gasteiger partial charge in [-0.25, -0.2) is 0 Å². The van der Waals surface area contributed by atoms with Crippen LogP contribution >= 0.6 is 0 Å². The average molecular weight is 203 g/mol. The summed E-state index contributed by atoms with van der Waals surface area (Å²) < 4.78 is 10.3. The third kappa shape index (κ3) is 3.53. The van der Waals surface area contributed by atoms with Crippen LogP contribution in [-0.2, 0) is 9.47 Å². The van der Waals surface area contributed by atoms with E-state index in [0.717, 1.165) is 25.9 Å². The first-order valence-corrected chi connectivity index (χ1v) is 5.21. The minimum Gasteiger partial charge on any atom is -0.396 e. The van der Waals surface area contributed by atoms with Gasteiger partial charge < -0.3 is 19.9 Å². The summed E-state index contributed by atoms with van der Waals surface area (Å²) in [5.41, 5.74) is 0.0626. The molecule has 0 bridgehead atoms. The molecular formula is C10H21NO3. The van der Waals surface area contributed by atoms with Crippen molar-refractivity contribution >= 4 is 0 Å². The molecule has 1 rings (SSSR count). The lowest BCUT2D eigenvalue weighted by atomic mass is 9.85. The number of hydrogen-bond acceptors (Lipinski definition) is 4. The Hall–Kier alpha value is -0.160. The number of rotatable bonds is 7. The maximum Gasteiger partial charge on any atom is 0.0700 e. The second-order valence-electron chi connectivity index (χ2n) is 3.94. The van der Waals surface area contributed by atoms with Gasteiger partial charge in [0, 0.05) is 25.7 Å². The third-order valence-electron chi connectivity index (χ3n) is 2.88. The molecule has 0 amide bonds. The Morgan fingerprint density at radius 3 is 2.79 bits per heavy atom. The summed E-state index contributed by atoms with van der Waals surface area (Å²) in [5, 5.41) is 12.6. The lowest BCUT2D eigenvalue weighted by Crippen LogP contribution is -2.29. The van der Waals surface area contributed by atoms with E-state index in [2.05, 4.69) is 5.32 Å². The molecule has 0 aromatic heterocycles. The molecule has 1 atom stereocenters. The summed E-state index contributed by atoms with van der Waals surface area (Å²) in [6.45, 7) is 4.19. The first-order valence-electron chi connectivity index (χ1n) is 5.21. The Kier molecular flexibility index (Phi) is 5.40. The van der Waals surface area contributed by atoms with Crippen molar-refractivity contribution in [3.05, 3.63) is 0 Å². The van der Waals surface area contributed by atoms with Crippen molar-refractivity contribution in [3.8, 4) is 0 Å². The summed E-state index contributed by atoms with van der Waals surface area (Å²) in [6, 6.07) is 0. The normalized spacial score (nSPS) is 27.0. The summed E-state index contributed by atoms with van der Waals surface area (Å²) in [4.78, 5) is 0. The van der Waals surface area contributed by atoms with Crippen LogP contribution < -0.4 is 5.32 Å². The van der Waals surface area contributed by atoms with Crippen LogP contribution in [0.1, 0.15) is 12.8 Å². The van der Waals surface area contributed by atoms with Gasteiger partial charge in [0.1, 0.15) is 0 Å². The van der Waals surface area contributed by atoms with E-state index in [4.69, 9.17) is 9.47 Å². The monoisotopic (exact) mass is 203 g/mol. The van der Waals surface area contributed by atoms with Crippen LogP contribution in [0, 0.1) is 5.41 Å². The highest BCUT2D eigenvalue weighted by atomic mass is 16.5. The van der Waals surface area contributed by atoms with Gasteiger partial charge in [-0.05, 0) is 19.4 Å². The number of nitrogens with one attached hydrogen (secondary N) is 1. The smallest absolute Gasteiger partial charge is 0.0700 e. The molecule has 0 saturated carbocycles. The van der Waals surface area contributed by atoms with E-state index in [-0.39, 0.29) is 12.0 Å². The SMILES string of the molecule is COCCOCCC1(CO)CCNC1. The van der Waals surface area contributed by atoms with Gasteiger partial charge in [0.2, 0.25) is 0 Å². The lowest BCUT2D eigenvalue weighted by molar-refractivity contribution is 0.0396. The maximum absolute atomic E-state index is 9.30. The summed E-state index contributed by atoms with van der Waals surface area (Å²) in [6.07, 6.45) is 1.98. The number of hydrogen-bond donors (Lipinski definition) is 2. The fourth-order valence-corrected chi connectivity index (χ4v) is 1.76. The van der Waals surface area contributed by atoms with Crippen molar-refractivity contribution < 1.29 is 14.6 Å². The quantitative estimate of drug-likeness (QED) is 0.572. The van der Waals surface area contributed by atoms with Gasteiger partial charge in [-0.3, -0.25) is 0 Å². The van der Waals surface area contributed by atoms with E-state index < -0.39 is 0 Å². The Morgan fingerprint density at radius 1 is 1.36 bits per heavy atom. The second kappa shape index (κ2) is 6.35. The number of aliphatic hydroxyl groups excluding tert-OH is 1. The lowest BCUT2D eigenvalue weighted by Gasteiger charge is -2.25. The van der Waals surface area contributed by atoms with Crippen molar-refractivity contribution in [2.75, 3.05) is 46.6 Å². The molecular weight excluding hydrogens is 182 g/mol. The maximum atomic E-state index is 9.30. The van der Waals surface area contributed by atoms with Crippen LogP contribution in [0.25, 0.3) is 0 Å². The summed E-state index contributed by atoms with van der Waals surface area (Å²) >= 11 is 0. The van der Waals surface area contributed by atoms with E-state index in [1.165, 1.54) is 0 Å². The first-order chi connectivity index (χ1) is 6.83. The predicted octanol–water partition coefficient (Wildman–Crippen LogP) is 0.0115. The first kappa shape index (κ1) is 11.9. The van der Waals surface area contributed by atoms with Crippen molar-refractivity contribution in [3.63, 3.8) is 0 Å². The molecule has 4 heteroatoms. The van der Waals surface area contributed by atoms with Crippen molar-refractivity contribution in [1.29, 1.82) is 0 Å². The van der Waals surface area contributed by atoms with Crippen LogP contribution in [0.15, 0.2) is 0 Å². The van der Waals surface area contributed by atoms with Crippen LogP contribution in [0.2, 0.25) is 0 Å². The van der Waals surface area contributed by atoms with Gasteiger partial charge in [0.15, 0.2) is 0 Å². The van der Waals surface area contributed by atoms with Crippen LogP contribution in [-0.4, -0.2) is 51.7 Å². The van der Waals surface area contributed by atoms with Crippen molar-refractivity contribution in [2.45, 2.75) is 12.8 Å². The fourth-order valence-electron chi connectivity index (χ4n) is 1.76. The second-order valence-corrected chi connectivity index (χ2v) is 3.94. The molecule has 0 aromatic carbocycles. The van der Waals surface area contributed by atoms with Gasteiger partial charge in [0.25, 0.3) is 0 Å². The molecule has 14 heavy (non-hydrogen) atoms. The van der Waals surface area contributed by atoms with Crippen molar-refractivity contribution in [2.24, 2.45) is 5.41 Å². The molecule has 0 aromatic rings. The molecule has 1 aliphatic rings.